The molecule has 1 N–H and O–H groups in total. The van der Waals surface area contributed by atoms with Crippen LogP contribution in [-0.2, 0) is 9.47 Å². The summed E-state index contributed by atoms with van der Waals surface area (Å²) in [6.45, 7) is 2.40. The predicted molar refractivity (Wildman–Crippen MR) is 68.6 cm³/mol. The van der Waals surface area contributed by atoms with Gasteiger partial charge in [-0.25, -0.2) is 0 Å². The predicted octanol–water partition coefficient (Wildman–Crippen LogP) is 1.38. The molecule has 5 nitrogen and oxygen atoms in total. The molecule has 18 heavy (non-hydrogen) atoms. The third-order valence-electron chi connectivity index (χ3n) is 4.08. The fraction of sp³-hybridized carbons (Fsp3) is 0.833. The maximum Gasteiger partial charge on any atom is 0.0940 e. The Bertz CT molecular complexity index is 379. The van der Waals surface area contributed by atoms with Crippen LogP contribution in [0.15, 0.2) is 5.38 Å². The van der Waals surface area contributed by atoms with Crippen LogP contribution in [-0.4, -0.2) is 42.1 Å². The molecule has 0 aromatic carbocycles. The zero-order valence-electron chi connectivity index (χ0n) is 10.6. The van der Waals surface area contributed by atoms with E-state index in [1.165, 1.54) is 11.5 Å². The summed E-state index contributed by atoms with van der Waals surface area (Å²) in [5, 5.41) is 9.64. The number of ether oxygens (including phenoxy) is 2. The van der Waals surface area contributed by atoms with Gasteiger partial charge in [-0.3, -0.25) is 0 Å². The van der Waals surface area contributed by atoms with Crippen LogP contribution >= 0.6 is 11.5 Å². The van der Waals surface area contributed by atoms with Crippen LogP contribution in [0.25, 0.3) is 0 Å². The summed E-state index contributed by atoms with van der Waals surface area (Å²) < 4.78 is 15.5. The van der Waals surface area contributed by atoms with E-state index in [4.69, 9.17) is 9.47 Å². The Morgan fingerprint density at radius 3 is 3.17 bits per heavy atom. The van der Waals surface area contributed by atoms with Crippen molar-refractivity contribution in [3.05, 3.63) is 11.1 Å². The highest BCUT2D eigenvalue weighted by molar-refractivity contribution is 7.03. The minimum absolute atomic E-state index is 0.0402. The molecule has 2 aliphatic heterocycles. The molecule has 3 unspecified atom stereocenters. The number of rotatable bonds is 3. The molecule has 0 radical (unpaired) electrons. The van der Waals surface area contributed by atoms with Crippen molar-refractivity contribution in [3.8, 4) is 0 Å². The van der Waals surface area contributed by atoms with Gasteiger partial charge in [0.1, 0.15) is 0 Å². The molecule has 0 saturated carbocycles. The quantitative estimate of drug-likeness (QED) is 0.898. The number of hydrogen-bond donors (Lipinski definition) is 1. The van der Waals surface area contributed by atoms with E-state index in [0.29, 0.717) is 5.92 Å². The van der Waals surface area contributed by atoms with Crippen molar-refractivity contribution in [2.24, 2.45) is 5.92 Å². The average Bonchev–Trinajstić information content (AvgIpc) is 3.03. The first-order valence-electron chi connectivity index (χ1n) is 6.49. The molecule has 0 aliphatic carbocycles. The molecule has 3 rings (SSSR count). The highest BCUT2D eigenvalue weighted by atomic mass is 32.1. The van der Waals surface area contributed by atoms with Gasteiger partial charge in [-0.05, 0) is 37.3 Å². The van der Waals surface area contributed by atoms with Crippen LogP contribution in [0.2, 0.25) is 0 Å². The first-order valence-corrected chi connectivity index (χ1v) is 7.33. The molecule has 0 amide bonds. The van der Waals surface area contributed by atoms with E-state index < -0.39 is 0 Å². The Labute approximate surface area is 111 Å². The Morgan fingerprint density at radius 1 is 1.56 bits per heavy atom. The van der Waals surface area contributed by atoms with Gasteiger partial charge in [-0.15, -0.1) is 5.10 Å². The summed E-state index contributed by atoms with van der Waals surface area (Å²) in [4.78, 5) is 0. The van der Waals surface area contributed by atoms with Gasteiger partial charge < -0.3 is 14.8 Å². The van der Waals surface area contributed by atoms with Crippen LogP contribution in [0.4, 0.5) is 0 Å². The Balaban J connectivity index is 1.74. The van der Waals surface area contributed by atoms with Gasteiger partial charge in [-0.2, -0.15) is 0 Å². The molecule has 100 valence electrons. The van der Waals surface area contributed by atoms with Gasteiger partial charge in [0.2, 0.25) is 0 Å². The second kappa shape index (κ2) is 5.21. The van der Waals surface area contributed by atoms with Crippen LogP contribution in [0.1, 0.15) is 31.0 Å². The van der Waals surface area contributed by atoms with Crippen molar-refractivity contribution >= 4 is 11.5 Å². The second-order valence-electron chi connectivity index (χ2n) is 5.18. The van der Waals surface area contributed by atoms with E-state index in [2.05, 4.69) is 14.9 Å². The third kappa shape index (κ3) is 2.30. The van der Waals surface area contributed by atoms with E-state index >= 15 is 0 Å². The van der Waals surface area contributed by atoms with Crippen molar-refractivity contribution < 1.29 is 9.47 Å². The molecule has 2 saturated heterocycles. The van der Waals surface area contributed by atoms with Crippen LogP contribution in [0.5, 0.6) is 0 Å². The van der Waals surface area contributed by atoms with Crippen molar-refractivity contribution in [1.29, 1.82) is 0 Å². The van der Waals surface area contributed by atoms with Gasteiger partial charge in [-0.1, -0.05) is 4.49 Å². The summed E-state index contributed by atoms with van der Waals surface area (Å²) in [6.07, 6.45) is 3.15. The topological polar surface area (TPSA) is 56.3 Å². The fourth-order valence-electron chi connectivity index (χ4n) is 3.15. The molecule has 6 heteroatoms. The van der Waals surface area contributed by atoms with E-state index in [9.17, 15) is 0 Å². The van der Waals surface area contributed by atoms with Crippen molar-refractivity contribution in [2.75, 3.05) is 26.9 Å². The molecule has 0 bridgehead atoms. The summed E-state index contributed by atoms with van der Waals surface area (Å²) >= 11 is 1.41. The lowest BCUT2D eigenvalue weighted by molar-refractivity contribution is -0.103. The third-order valence-corrected chi connectivity index (χ3v) is 4.60. The van der Waals surface area contributed by atoms with E-state index in [1.807, 2.05) is 12.4 Å². The van der Waals surface area contributed by atoms with Gasteiger partial charge in [0.15, 0.2) is 0 Å². The molecule has 3 heterocycles. The zero-order valence-corrected chi connectivity index (χ0v) is 11.4. The lowest BCUT2D eigenvalue weighted by Crippen LogP contribution is -2.43. The summed E-state index contributed by atoms with van der Waals surface area (Å²) in [5.74, 6) is 0.550. The van der Waals surface area contributed by atoms with Crippen molar-refractivity contribution in [2.45, 2.75) is 30.9 Å². The SMILES string of the molecule is CNC(c1csnn1)C1CCOC2(CCOC2)C1. The molecule has 2 aliphatic rings. The number of nitrogens with one attached hydrogen (secondary N) is 1. The zero-order chi connectivity index (χ0) is 12.4. The Morgan fingerprint density at radius 2 is 2.50 bits per heavy atom. The minimum Gasteiger partial charge on any atom is -0.378 e. The van der Waals surface area contributed by atoms with Gasteiger partial charge >= 0.3 is 0 Å². The largest absolute Gasteiger partial charge is 0.378 e. The van der Waals surface area contributed by atoms with Crippen molar-refractivity contribution in [1.82, 2.24) is 14.9 Å². The van der Waals surface area contributed by atoms with Crippen molar-refractivity contribution in [3.63, 3.8) is 0 Å². The lowest BCUT2D eigenvalue weighted by atomic mass is 9.80. The molecular weight excluding hydrogens is 250 g/mol. The molecular formula is C12H19N3O2S. The number of hydrogen-bond acceptors (Lipinski definition) is 6. The maximum atomic E-state index is 5.98. The monoisotopic (exact) mass is 269 g/mol. The summed E-state index contributed by atoms with van der Waals surface area (Å²) in [5.41, 5.74) is 1.02. The molecule has 1 aromatic rings. The average molecular weight is 269 g/mol. The molecule has 2 fully saturated rings. The minimum atomic E-state index is -0.0402. The Kier molecular flexibility index (Phi) is 3.61. The second-order valence-corrected chi connectivity index (χ2v) is 5.79. The molecule has 1 aromatic heterocycles. The lowest BCUT2D eigenvalue weighted by Gasteiger charge is -2.39. The van der Waals surface area contributed by atoms with E-state index in [-0.39, 0.29) is 11.6 Å². The maximum absolute atomic E-state index is 5.98. The summed E-state index contributed by atoms with van der Waals surface area (Å²) in [6, 6.07) is 0.283. The van der Waals surface area contributed by atoms with Gasteiger partial charge in [0, 0.05) is 25.0 Å². The van der Waals surface area contributed by atoms with Crippen LogP contribution in [0, 0.1) is 5.92 Å². The summed E-state index contributed by atoms with van der Waals surface area (Å²) in [7, 11) is 2.00. The standard InChI is InChI=1S/C12H19N3O2S/c1-13-11(10-7-18-15-14-10)9-2-4-17-12(6-9)3-5-16-8-12/h7,9,11,13H,2-6,8H2,1H3. The van der Waals surface area contributed by atoms with E-state index in [0.717, 1.165) is 44.8 Å². The highest BCUT2D eigenvalue weighted by Gasteiger charge is 2.43. The fourth-order valence-corrected chi connectivity index (χ4v) is 3.64. The first-order chi connectivity index (χ1) is 8.83. The van der Waals surface area contributed by atoms with Crippen LogP contribution < -0.4 is 5.32 Å². The number of aromatic nitrogens is 2. The smallest absolute Gasteiger partial charge is 0.0940 e. The Hall–Kier alpha value is -0.560. The normalized spacial score (nSPS) is 33.9. The van der Waals surface area contributed by atoms with Gasteiger partial charge in [0.05, 0.1) is 23.9 Å². The first kappa shape index (κ1) is 12.5. The van der Waals surface area contributed by atoms with E-state index in [1.54, 1.807) is 0 Å². The van der Waals surface area contributed by atoms with Crippen LogP contribution in [0.3, 0.4) is 0 Å². The number of nitrogens with zero attached hydrogens (tertiary/aromatic N) is 2. The molecule has 3 atom stereocenters. The van der Waals surface area contributed by atoms with Gasteiger partial charge in [0.25, 0.3) is 0 Å². The highest BCUT2D eigenvalue weighted by Crippen LogP contribution is 2.40. The molecule has 1 spiro atoms.